The van der Waals surface area contributed by atoms with Crippen LogP contribution in [-0.4, -0.2) is 28.8 Å². The van der Waals surface area contributed by atoms with Crippen molar-refractivity contribution in [1.82, 2.24) is 4.98 Å². The Kier molecular flexibility index (Phi) is 3.93. The molecule has 1 rings (SSSR count). The minimum Gasteiger partial charge on any atom is -0.478 e. The zero-order valence-electron chi connectivity index (χ0n) is 8.91. The van der Waals surface area contributed by atoms with E-state index in [2.05, 4.69) is 4.98 Å². The van der Waals surface area contributed by atoms with Crippen molar-refractivity contribution < 1.29 is 27.8 Å². The molecule has 7 heteroatoms. The van der Waals surface area contributed by atoms with E-state index in [0.29, 0.717) is 0 Å². The largest absolute Gasteiger partial charge is 0.478 e. The third kappa shape index (κ3) is 4.29. The lowest BCUT2D eigenvalue weighted by Gasteiger charge is -2.08. The molecular formula is C10H10F3NO3. The molecule has 1 aromatic heterocycles. The fourth-order valence-electron chi connectivity index (χ4n) is 1.12. The van der Waals surface area contributed by atoms with E-state index in [9.17, 15) is 18.0 Å². The lowest BCUT2D eigenvalue weighted by molar-refractivity contribution is -0.139. The van der Waals surface area contributed by atoms with Crippen LogP contribution in [0.5, 0.6) is 5.88 Å². The van der Waals surface area contributed by atoms with Crippen LogP contribution < -0.4 is 4.74 Å². The molecule has 94 valence electrons. The molecule has 0 spiro atoms. The number of alkyl halides is 3. The maximum absolute atomic E-state index is 11.8. The number of hydrogen-bond donors (Lipinski definition) is 1. The van der Waals surface area contributed by atoms with Gasteiger partial charge in [0.05, 0.1) is 24.3 Å². The number of halogens is 3. The summed E-state index contributed by atoms with van der Waals surface area (Å²) in [5.74, 6) is -1.16. The van der Waals surface area contributed by atoms with Gasteiger partial charge in [-0.25, -0.2) is 9.78 Å². The zero-order chi connectivity index (χ0) is 13.1. The van der Waals surface area contributed by atoms with Gasteiger partial charge in [0.2, 0.25) is 5.88 Å². The smallest absolute Gasteiger partial charge is 0.392 e. The second-order valence-corrected chi connectivity index (χ2v) is 3.30. The topological polar surface area (TPSA) is 59.4 Å². The first kappa shape index (κ1) is 13.3. The number of carboxylic acids is 1. The average molecular weight is 249 g/mol. The summed E-state index contributed by atoms with van der Waals surface area (Å²) >= 11 is 0. The molecule has 0 atom stereocenters. The molecule has 0 radical (unpaired) electrons. The van der Waals surface area contributed by atoms with Crippen LogP contribution in [0.4, 0.5) is 13.2 Å². The predicted octanol–water partition coefficient (Wildman–Crippen LogP) is 2.42. The van der Waals surface area contributed by atoms with Gasteiger partial charge in [0.15, 0.2) is 0 Å². The summed E-state index contributed by atoms with van der Waals surface area (Å²) in [4.78, 5) is 14.4. The molecule has 0 unspecified atom stereocenters. The monoisotopic (exact) mass is 249 g/mol. The van der Waals surface area contributed by atoms with E-state index in [1.165, 1.54) is 19.1 Å². The molecule has 0 aliphatic rings. The first-order valence-corrected chi connectivity index (χ1v) is 4.70. The van der Waals surface area contributed by atoms with Gasteiger partial charge in [0, 0.05) is 6.07 Å². The second kappa shape index (κ2) is 5.03. The Hall–Kier alpha value is -1.79. The number of carbonyl (C=O) groups is 1. The number of carboxylic acid groups (broad SMARTS) is 1. The Morgan fingerprint density at radius 3 is 2.59 bits per heavy atom. The fraction of sp³-hybridized carbons (Fsp3) is 0.400. The van der Waals surface area contributed by atoms with Crippen molar-refractivity contribution in [3.8, 4) is 5.88 Å². The van der Waals surface area contributed by atoms with Crippen LogP contribution in [0.2, 0.25) is 0 Å². The molecule has 17 heavy (non-hydrogen) atoms. The number of aryl methyl sites for hydroxylation is 1. The Morgan fingerprint density at radius 2 is 2.12 bits per heavy atom. The molecule has 0 aromatic carbocycles. The predicted molar refractivity (Wildman–Crippen MR) is 52.1 cm³/mol. The molecule has 0 amide bonds. The third-order valence-electron chi connectivity index (χ3n) is 1.93. The molecule has 1 aromatic rings. The van der Waals surface area contributed by atoms with E-state index in [1.807, 2.05) is 0 Å². The molecule has 0 bridgehead atoms. The van der Waals surface area contributed by atoms with Gasteiger partial charge >= 0.3 is 12.1 Å². The van der Waals surface area contributed by atoms with E-state index in [0.717, 1.165) is 0 Å². The van der Waals surface area contributed by atoms with E-state index in [-0.39, 0.29) is 17.1 Å². The van der Waals surface area contributed by atoms with E-state index in [4.69, 9.17) is 9.84 Å². The first-order chi connectivity index (χ1) is 7.79. The molecule has 0 fully saturated rings. The van der Waals surface area contributed by atoms with Crippen molar-refractivity contribution in [2.45, 2.75) is 19.5 Å². The first-order valence-electron chi connectivity index (χ1n) is 4.70. The molecule has 4 nitrogen and oxygen atoms in total. The average Bonchev–Trinajstić information content (AvgIpc) is 2.15. The number of hydrogen-bond acceptors (Lipinski definition) is 3. The zero-order valence-corrected chi connectivity index (χ0v) is 8.91. The van der Waals surface area contributed by atoms with Gasteiger partial charge in [-0.2, -0.15) is 13.2 Å². The summed E-state index contributed by atoms with van der Waals surface area (Å²) in [6.45, 7) is 0.905. The molecule has 1 N–H and O–H groups in total. The maximum atomic E-state index is 11.8. The highest BCUT2D eigenvalue weighted by molar-refractivity contribution is 5.88. The standard InChI is InChI=1S/C10H10F3NO3/c1-6-7(9(15)16)2-3-8(14-6)17-5-4-10(11,12)13/h2-3H,4-5H2,1H3,(H,15,16). The van der Waals surface area contributed by atoms with Gasteiger partial charge in [0.1, 0.15) is 0 Å². The van der Waals surface area contributed by atoms with Crippen LogP contribution in [0.3, 0.4) is 0 Å². The summed E-state index contributed by atoms with van der Waals surface area (Å²) in [5.41, 5.74) is 0.190. The Labute approximate surface area is 95.0 Å². The Bertz CT molecular complexity index is 418. The summed E-state index contributed by atoms with van der Waals surface area (Å²) in [6.07, 6.45) is -5.36. The van der Waals surface area contributed by atoms with E-state index in [1.54, 1.807) is 0 Å². The number of aromatic carboxylic acids is 1. The van der Waals surface area contributed by atoms with E-state index < -0.39 is 25.2 Å². The highest BCUT2D eigenvalue weighted by Crippen LogP contribution is 2.20. The van der Waals surface area contributed by atoms with Crippen LogP contribution in [0.25, 0.3) is 0 Å². The van der Waals surface area contributed by atoms with Gasteiger partial charge in [-0.15, -0.1) is 0 Å². The number of nitrogens with zero attached hydrogens (tertiary/aromatic N) is 1. The van der Waals surface area contributed by atoms with Crippen molar-refractivity contribution >= 4 is 5.97 Å². The van der Waals surface area contributed by atoms with Crippen molar-refractivity contribution in [1.29, 1.82) is 0 Å². The van der Waals surface area contributed by atoms with Crippen LogP contribution in [-0.2, 0) is 0 Å². The lowest BCUT2D eigenvalue weighted by atomic mass is 10.2. The third-order valence-corrected chi connectivity index (χ3v) is 1.93. The highest BCUT2D eigenvalue weighted by Gasteiger charge is 2.26. The normalized spacial score (nSPS) is 11.3. The molecule has 0 saturated carbocycles. The number of aromatic nitrogens is 1. The summed E-state index contributed by atoms with van der Waals surface area (Å²) in [5, 5.41) is 8.71. The van der Waals surface area contributed by atoms with Gasteiger partial charge in [-0.3, -0.25) is 0 Å². The highest BCUT2D eigenvalue weighted by atomic mass is 19.4. The number of pyridine rings is 1. The summed E-state index contributed by atoms with van der Waals surface area (Å²) in [7, 11) is 0. The van der Waals surface area contributed by atoms with Crippen molar-refractivity contribution in [3.05, 3.63) is 23.4 Å². The SMILES string of the molecule is Cc1nc(OCCC(F)(F)F)ccc1C(=O)O. The molecule has 0 aliphatic carbocycles. The van der Waals surface area contributed by atoms with Gasteiger partial charge < -0.3 is 9.84 Å². The van der Waals surface area contributed by atoms with Crippen molar-refractivity contribution in [3.63, 3.8) is 0 Å². The maximum Gasteiger partial charge on any atom is 0.392 e. The van der Waals surface area contributed by atoms with Crippen LogP contribution >= 0.6 is 0 Å². The molecule has 0 saturated heterocycles. The minimum atomic E-state index is -4.28. The quantitative estimate of drug-likeness (QED) is 0.890. The Morgan fingerprint density at radius 1 is 1.47 bits per heavy atom. The van der Waals surface area contributed by atoms with Gasteiger partial charge in [-0.1, -0.05) is 0 Å². The van der Waals surface area contributed by atoms with Crippen LogP contribution in [0, 0.1) is 6.92 Å². The summed E-state index contributed by atoms with van der Waals surface area (Å²) in [6, 6.07) is 2.47. The number of rotatable bonds is 4. The van der Waals surface area contributed by atoms with Crippen LogP contribution in [0.15, 0.2) is 12.1 Å². The fourth-order valence-corrected chi connectivity index (χ4v) is 1.12. The van der Waals surface area contributed by atoms with E-state index >= 15 is 0 Å². The van der Waals surface area contributed by atoms with Crippen molar-refractivity contribution in [2.24, 2.45) is 0 Å². The Balaban J connectivity index is 2.62. The summed E-state index contributed by atoms with van der Waals surface area (Å²) < 4.78 is 40.3. The molecule has 0 aliphatic heterocycles. The number of ether oxygens (including phenoxy) is 1. The molecule has 1 heterocycles. The van der Waals surface area contributed by atoms with Gasteiger partial charge in [0.25, 0.3) is 0 Å². The van der Waals surface area contributed by atoms with Gasteiger partial charge in [-0.05, 0) is 13.0 Å². The lowest BCUT2D eigenvalue weighted by Crippen LogP contribution is -2.13. The second-order valence-electron chi connectivity index (χ2n) is 3.30. The van der Waals surface area contributed by atoms with Crippen molar-refractivity contribution in [2.75, 3.05) is 6.61 Å². The minimum absolute atomic E-state index is 0.00632. The molecular weight excluding hydrogens is 239 g/mol. The van der Waals surface area contributed by atoms with Crippen LogP contribution in [0.1, 0.15) is 22.5 Å².